The number of fused-ring (bicyclic) bond motifs is 2. The van der Waals surface area contributed by atoms with Gasteiger partial charge in [-0.1, -0.05) is 12.1 Å². The van der Waals surface area contributed by atoms with Crippen LogP contribution < -0.4 is 10.6 Å². The number of H-pyrrole nitrogens is 1. The van der Waals surface area contributed by atoms with E-state index in [1.54, 1.807) is 19.2 Å². The number of guanidine groups is 1. The number of aryl methyl sites for hydroxylation is 1. The van der Waals surface area contributed by atoms with Crippen molar-refractivity contribution in [1.29, 1.82) is 0 Å². The highest BCUT2D eigenvalue weighted by atomic mass is 19.1. The zero-order valence-corrected chi connectivity index (χ0v) is 16.0. The number of halogens is 1. The largest absolute Gasteiger partial charge is 0.361 e. The van der Waals surface area contributed by atoms with Crippen LogP contribution in [0.15, 0.2) is 53.7 Å². The van der Waals surface area contributed by atoms with Crippen LogP contribution in [0.4, 0.5) is 4.39 Å². The second-order valence-electron chi connectivity index (χ2n) is 6.68. The van der Waals surface area contributed by atoms with Gasteiger partial charge in [-0.05, 0) is 42.3 Å². The molecule has 0 fully saturated rings. The molecule has 7 heteroatoms. The van der Waals surface area contributed by atoms with Gasteiger partial charge >= 0.3 is 0 Å². The summed E-state index contributed by atoms with van der Waals surface area (Å²) in [6, 6.07) is 12.9. The van der Waals surface area contributed by atoms with E-state index in [1.165, 1.54) is 6.07 Å². The number of aliphatic imine (C=N–C) groups is 1. The monoisotopic (exact) mass is 378 g/mol. The van der Waals surface area contributed by atoms with E-state index in [-0.39, 0.29) is 5.82 Å². The van der Waals surface area contributed by atoms with Crippen molar-refractivity contribution in [2.45, 2.75) is 13.0 Å². The van der Waals surface area contributed by atoms with Gasteiger partial charge in [0.25, 0.3) is 0 Å². The van der Waals surface area contributed by atoms with E-state index in [0.717, 1.165) is 39.7 Å². The summed E-state index contributed by atoms with van der Waals surface area (Å²) in [5, 5.41) is 7.53. The van der Waals surface area contributed by atoms with Crippen molar-refractivity contribution in [3.63, 3.8) is 0 Å². The number of nitrogens with one attached hydrogen (secondary N) is 3. The van der Waals surface area contributed by atoms with Crippen molar-refractivity contribution in [2.24, 2.45) is 12.0 Å². The van der Waals surface area contributed by atoms with Gasteiger partial charge in [-0.3, -0.25) is 4.99 Å². The van der Waals surface area contributed by atoms with Crippen molar-refractivity contribution in [2.75, 3.05) is 13.6 Å². The van der Waals surface area contributed by atoms with Gasteiger partial charge in [0.2, 0.25) is 0 Å². The number of imidazole rings is 1. The lowest BCUT2D eigenvalue weighted by molar-refractivity contribution is 0.629. The zero-order chi connectivity index (χ0) is 19.5. The second-order valence-corrected chi connectivity index (χ2v) is 6.68. The van der Waals surface area contributed by atoms with Crippen molar-refractivity contribution in [1.82, 2.24) is 25.2 Å². The number of hydrogen-bond acceptors (Lipinski definition) is 2. The predicted molar refractivity (Wildman–Crippen MR) is 111 cm³/mol. The topological polar surface area (TPSA) is 70.0 Å². The zero-order valence-electron chi connectivity index (χ0n) is 16.0. The first-order valence-corrected chi connectivity index (χ1v) is 9.26. The fraction of sp³-hybridized carbons (Fsp3) is 0.238. The van der Waals surface area contributed by atoms with Crippen molar-refractivity contribution >= 4 is 27.9 Å². The molecule has 3 N–H and O–H groups in total. The normalized spacial score (nSPS) is 12.0. The Morgan fingerprint density at radius 2 is 2.07 bits per heavy atom. The van der Waals surface area contributed by atoms with Crippen LogP contribution in [0.1, 0.15) is 11.4 Å². The molecular formula is C21H23FN6. The smallest absolute Gasteiger partial charge is 0.191 e. The van der Waals surface area contributed by atoms with E-state index in [9.17, 15) is 4.39 Å². The number of nitrogens with zero attached hydrogens (tertiary/aromatic N) is 3. The van der Waals surface area contributed by atoms with E-state index in [2.05, 4.69) is 36.2 Å². The maximum absolute atomic E-state index is 13.5. The van der Waals surface area contributed by atoms with Crippen LogP contribution >= 0.6 is 0 Å². The third kappa shape index (κ3) is 3.55. The van der Waals surface area contributed by atoms with Gasteiger partial charge in [0.05, 0.1) is 17.6 Å². The molecule has 0 bridgehead atoms. The number of para-hydroxylation sites is 2. The third-order valence-corrected chi connectivity index (χ3v) is 4.93. The highest BCUT2D eigenvalue weighted by molar-refractivity contribution is 5.83. The first-order valence-electron chi connectivity index (χ1n) is 9.26. The minimum absolute atomic E-state index is 0.221. The minimum atomic E-state index is -0.221. The number of hydrogen-bond donors (Lipinski definition) is 3. The Balaban J connectivity index is 1.35. The molecule has 0 saturated heterocycles. The lowest BCUT2D eigenvalue weighted by atomic mass is 10.1. The van der Waals surface area contributed by atoms with Crippen LogP contribution in [0.5, 0.6) is 0 Å². The van der Waals surface area contributed by atoms with Gasteiger partial charge in [0, 0.05) is 37.7 Å². The van der Waals surface area contributed by atoms with Crippen molar-refractivity contribution < 1.29 is 4.39 Å². The van der Waals surface area contributed by atoms with Gasteiger partial charge in [-0.2, -0.15) is 0 Å². The second kappa shape index (κ2) is 7.72. The molecule has 0 aliphatic rings. The van der Waals surface area contributed by atoms with Crippen LogP contribution in [0.25, 0.3) is 21.9 Å². The Bertz CT molecular complexity index is 1140. The summed E-state index contributed by atoms with van der Waals surface area (Å²) in [4.78, 5) is 12.1. The van der Waals surface area contributed by atoms with E-state index in [1.807, 2.05) is 31.4 Å². The summed E-state index contributed by atoms with van der Waals surface area (Å²) >= 11 is 0. The summed E-state index contributed by atoms with van der Waals surface area (Å²) in [5.41, 5.74) is 4.11. The summed E-state index contributed by atoms with van der Waals surface area (Å²) in [7, 11) is 3.75. The molecule has 144 valence electrons. The van der Waals surface area contributed by atoms with Gasteiger partial charge in [0.15, 0.2) is 5.96 Å². The van der Waals surface area contributed by atoms with Gasteiger partial charge in [0.1, 0.15) is 11.6 Å². The molecule has 28 heavy (non-hydrogen) atoms. The molecule has 6 nitrogen and oxygen atoms in total. The van der Waals surface area contributed by atoms with Gasteiger partial charge in [-0.15, -0.1) is 0 Å². The van der Waals surface area contributed by atoms with E-state index in [0.29, 0.717) is 19.0 Å². The summed E-state index contributed by atoms with van der Waals surface area (Å²) in [5.74, 6) is 1.43. The molecule has 0 spiro atoms. The Morgan fingerprint density at radius 3 is 2.89 bits per heavy atom. The first kappa shape index (κ1) is 18.0. The minimum Gasteiger partial charge on any atom is -0.361 e. The van der Waals surface area contributed by atoms with Crippen molar-refractivity contribution in [3.8, 4) is 0 Å². The molecule has 4 aromatic rings. The Hall–Kier alpha value is -3.35. The predicted octanol–water partition coefficient (Wildman–Crippen LogP) is 3.10. The molecular weight excluding hydrogens is 355 g/mol. The molecule has 0 aliphatic heterocycles. The van der Waals surface area contributed by atoms with Crippen LogP contribution in [0, 0.1) is 5.82 Å². The highest BCUT2D eigenvalue weighted by Crippen LogP contribution is 2.19. The van der Waals surface area contributed by atoms with Gasteiger partial charge in [-0.25, -0.2) is 9.37 Å². The third-order valence-electron chi connectivity index (χ3n) is 4.93. The Morgan fingerprint density at radius 1 is 1.21 bits per heavy atom. The number of aromatic amines is 1. The SMILES string of the molecule is CN=C(NCCc1c[nH]c2ccc(F)cc12)NCc1nc2ccccc2n1C. The lowest BCUT2D eigenvalue weighted by Crippen LogP contribution is -2.38. The van der Waals surface area contributed by atoms with E-state index in [4.69, 9.17) is 0 Å². The van der Waals surface area contributed by atoms with Gasteiger partial charge < -0.3 is 20.2 Å². The molecule has 0 amide bonds. The summed E-state index contributed by atoms with van der Waals surface area (Å²) in [6.45, 7) is 1.26. The first-order chi connectivity index (χ1) is 13.7. The molecule has 0 saturated carbocycles. The van der Waals surface area contributed by atoms with Crippen LogP contribution in [-0.2, 0) is 20.0 Å². The molecule has 2 aromatic carbocycles. The van der Waals surface area contributed by atoms with Crippen LogP contribution in [0.2, 0.25) is 0 Å². The fourth-order valence-electron chi connectivity index (χ4n) is 3.41. The molecule has 2 heterocycles. The molecule has 0 aliphatic carbocycles. The number of aromatic nitrogens is 3. The molecule has 0 radical (unpaired) electrons. The quantitative estimate of drug-likeness (QED) is 0.369. The Kier molecular flexibility index (Phi) is 4.97. The fourth-order valence-corrected chi connectivity index (χ4v) is 3.41. The molecule has 0 atom stereocenters. The van der Waals surface area contributed by atoms with Crippen LogP contribution in [0.3, 0.4) is 0 Å². The standard InChI is InChI=1S/C21H23FN6/c1-23-21(26-13-20-27-18-5-3-4-6-19(18)28(20)2)24-10-9-14-12-25-17-8-7-15(22)11-16(14)17/h3-8,11-12,25H,9-10,13H2,1-2H3,(H2,23,24,26). The summed E-state index contributed by atoms with van der Waals surface area (Å²) in [6.07, 6.45) is 2.69. The average molecular weight is 378 g/mol. The lowest BCUT2D eigenvalue weighted by Gasteiger charge is -2.11. The van der Waals surface area contributed by atoms with E-state index >= 15 is 0 Å². The highest BCUT2D eigenvalue weighted by Gasteiger charge is 2.08. The summed E-state index contributed by atoms with van der Waals surface area (Å²) < 4.78 is 15.6. The average Bonchev–Trinajstić information content (AvgIpc) is 3.25. The van der Waals surface area contributed by atoms with E-state index < -0.39 is 0 Å². The Labute approximate surface area is 162 Å². The maximum Gasteiger partial charge on any atom is 0.191 e. The number of benzene rings is 2. The molecule has 4 rings (SSSR count). The maximum atomic E-state index is 13.5. The molecule has 0 unspecified atom stereocenters. The molecule has 2 aromatic heterocycles. The number of rotatable bonds is 5. The van der Waals surface area contributed by atoms with Crippen molar-refractivity contribution in [3.05, 3.63) is 65.9 Å². The van der Waals surface area contributed by atoms with Crippen LogP contribution in [-0.4, -0.2) is 34.1 Å².